The van der Waals surface area contributed by atoms with Gasteiger partial charge in [-0.3, -0.25) is 0 Å². The molecule has 0 spiro atoms. The van der Waals surface area contributed by atoms with Crippen LogP contribution < -0.4 is 5.32 Å². The minimum Gasteiger partial charge on any atom is -0.434 e. The standard InChI is InChI=1S/C7H11F3NO2/c1-4-11-5(12)13-6(2,3)7(8,9)10/h1,4H2,2-3H3,(H,11,12). The van der Waals surface area contributed by atoms with Gasteiger partial charge in [0.25, 0.3) is 0 Å². The summed E-state index contributed by atoms with van der Waals surface area (Å²) in [5, 5.41) is 2.00. The van der Waals surface area contributed by atoms with Gasteiger partial charge in [-0.1, -0.05) is 0 Å². The molecule has 0 aliphatic rings. The van der Waals surface area contributed by atoms with Crippen molar-refractivity contribution in [2.45, 2.75) is 25.6 Å². The SMILES string of the molecule is [CH2]CNC(=O)OC(C)(C)C(F)(F)F. The first-order chi connectivity index (χ1) is 5.70. The molecule has 13 heavy (non-hydrogen) atoms. The van der Waals surface area contributed by atoms with Crippen molar-refractivity contribution >= 4 is 6.09 Å². The second-order valence-electron chi connectivity index (χ2n) is 2.82. The number of nitrogens with one attached hydrogen (secondary N) is 1. The molecular formula is C7H11F3NO2. The van der Waals surface area contributed by atoms with E-state index in [1.54, 1.807) is 0 Å². The normalized spacial score (nSPS) is 12.5. The summed E-state index contributed by atoms with van der Waals surface area (Å²) in [4.78, 5) is 10.6. The molecule has 0 aliphatic heterocycles. The van der Waals surface area contributed by atoms with Gasteiger partial charge in [0.2, 0.25) is 5.60 Å². The quantitative estimate of drug-likeness (QED) is 0.735. The van der Waals surface area contributed by atoms with Gasteiger partial charge in [0.1, 0.15) is 0 Å². The van der Waals surface area contributed by atoms with E-state index in [1.165, 1.54) is 0 Å². The van der Waals surface area contributed by atoms with Crippen molar-refractivity contribution in [2.75, 3.05) is 6.54 Å². The molecule has 0 aromatic rings. The van der Waals surface area contributed by atoms with Gasteiger partial charge in [0, 0.05) is 6.54 Å². The van der Waals surface area contributed by atoms with Crippen LogP contribution in [0.5, 0.6) is 0 Å². The molecule has 0 bridgehead atoms. The molecule has 1 N–H and O–H groups in total. The van der Waals surface area contributed by atoms with Crippen molar-refractivity contribution in [3.05, 3.63) is 6.92 Å². The molecular weight excluding hydrogens is 187 g/mol. The number of alkyl carbamates (subject to hydrolysis) is 1. The highest BCUT2D eigenvalue weighted by Crippen LogP contribution is 2.32. The maximum Gasteiger partial charge on any atom is 0.427 e. The lowest BCUT2D eigenvalue weighted by atomic mass is 10.1. The molecule has 0 fully saturated rings. The Hall–Kier alpha value is -0.940. The molecule has 6 heteroatoms. The van der Waals surface area contributed by atoms with Crippen LogP contribution in [-0.4, -0.2) is 24.4 Å². The van der Waals surface area contributed by atoms with E-state index < -0.39 is 17.9 Å². The van der Waals surface area contributed by atoms with Gasteiger partial charge < -0.3 is 10.1 Å². The molecule has 77 valence electrons. The number of carbonyl (C=O) groups is 1. The zero-order chi connectivity index (χ0) is 10.7. The molecule has 0 aromatic carbocycles. The fourth-order valence-corrected chi connectivity index (χ4v) is 0.428. The third-order valence-corrected chi connectivity index (χ3v) is 1.30. The number of halogens is 3. The Labute approximate surface area is 74.3 Å². The predicted molar refractivity (Wildman–Crippen MR) is 40.0 cm³/mol. The molecule has 0 unspecified atom stereocenters. The van der Waals surface area contributed by atoms with Crippen LogP contribution in [0.25, 0.3) is 0 Å². The van der Waals surface area contributed by atoms with E-state index in [1.807, 2.05) is 5.32 Å². The van der Waals surface area contributed by atoms with Crippen LogP contribution in [0.4, 0.5) is 18.0 Å². The summed E-state index contributed by atoms with van der Waals surface area (Å²) in [6.45, 7) is 4.75. The summed E-state index contributed by atoms with van der Waals surface area (Å²) in [5.74, 6) is 0. The van der Waals surface area contributed by atoms with Crippen LogP contribution in [0.3, 0.4) is 0 Å². The minimum atomic E-state index is -4.58. The van der Waals surface area contributed by atoms with E-state index >= 15 is 0 Å². The summed E-state index contributed by atoms with van der Waals surface area (Å²) in [6.07, 6.45) is -5.71. The van der Waals surface area contributed by atoms with E-state index in [0.717, 1.165) is 13.8 Å². The highest BCUT2D eigenvalue weighted by atomic mass is 19.4. The Morgan fingerprint density at radius 1 is 1.46 bits per heavy atom. The van der Waals surface area contributed by atoms with Gasteiger partial charge in [0.15, 0.2) is 0 Å². The summed E-state index contributed by atoms with van der Waals surface area (Å²) >= 11 is 0. The molecule has 0 saturated carbocycles. The zero-order valence-corrected chi connectivity index (χ0v) is 7.36. The Morgan fingerprint density at radius 2 is 1.92 bits per heavy atom. The topological polar surface area (TPSA) is 38.3 Å². The van der Waals surface area contributed by atoms with E-state index in [4.69, 9.17) is 0 Å². The van der Waals surface area contributed by atoms with Crippen molar-refractivity contribution < 1.29 is 22.7 Å². The monoisotopic (exact) mass is 198 g/mol. The second-order valence-corrected chi connectivity index (χ2v) is 2.82. The summed E-state index contributed by atoms with van der Waals surface area (Å²) in [5.41, 5.74) is -2.48. The van der Waals surface area contributed by atoms with Crippen molar-refractivity contribution in [2.24, 2.45) is 0 Å². The summed E-state index contributed by atoms with van der Waals surface area (Å²) in [6, 6.07) is 0. The number of rotatable bonds is 2. The molecule has 0 atom stereocenters. The van der Waals surface area contributed by atoms with Crippen LogP contribution in [0.15, 0.2) is 0 Å². The van der Waals surface area contributed by atoms with Crippen LogP contribution in [0.2, 0.25) is 0 Å². The number of ether oxygens (including phenoxy) is 1. The Balaban J connectivity index is 4.26. The van der Waals surface area contributed by atoms with Gasteiger partial charge in [0.05, 0.1) is 0 Å². The number of alkyl halides is 3. The van der Waals surface area contributed by atoms with Crippen LogP contribution >= 0.6 is 0 Å². The third-order valence-electron chi connectivity index (χ3n) is 1.30. The highest BCUT2D eigenvalue weighted by Gasteiger charge is 2.50. The van der Waals surface area contributed by atoms with Crippen LogP contribution in [-0.2, 0) is 4.74 Å². The van der Waals surface area contributed by atoms with E-state index in [0.29, 0.717) is 0 Å². The van der Waals surface area contributed by atoms with Gasteiger partial charge >= 0.3 is 12.3 Å². The van der Waals surface area contributed by atoms with Gasteiger partial charge in [-0.25, -0.2) is 4.79 Å². The molecule has 1 radical (unpaired) electrons. The van der Waals surface area contributed by atoms with E-state index in [9.17, 15) is 18.0 Å². The maximum atomic E-state index is 12.1. The van der Waals surface area contributed by atoms with Gasteiger partial charge in [-0.2, -0.15) is 13.2 Å². The first kappa shape index (κ1) is 12.1. The Morgan fingerprint density at radius 3 is 2.23 bits per heavy atom. The lowest BCUT2D eigenvalue weighted by Gasteiger charge is -2.27. The zero-order valence-electron chi connectivity index (χ0n) is 7.36. The molecule has 3 nitrogen and oxygen atoms in total. The number of hydrogen-bond donors (Lipinski definition) is 1. The lowest BCUT2D eigenvalue weighted by Crippen LogP contribution is -2.45. The summed E-state index contributed by atoms with van der Waals surface area (Å²) in [7, 11) is 0. The highest BCUT2D eigenvalue weighted by molar-refractivity contribution is 5.67. The number of carbonyl (C=O) groups excluding carboxylic acids is 1. The fraction of sp³-hybridized carbons (Fsp3) is 0.714. The van der Waals surface area contributed by atoms with Crippen molar-refractivity contribution in [3.63, 3.8) is 0 Å². The molecule has 0 aliphatic carbocycles. The Kier molecular flexibility index (Phi) is 3.57. The van der Waals surface area contributed by atoms with Crippen molar-refractivity contribution in [1.82, 2.24) is 5.32 Å². The summed E-state index contributed by atoms with van der Waals surface area (Å²) < 4.78 is 40.5. The molecule has 0 aromatic heterocycles. The van der Waals surface area contributed by atoms with Crippen molar-refractivity contribution in [1.29, 1.82) is 0 Å². The molecule has 0 saturated heterocycles. The predicted octanol–water partition coefficient (Wildman–Crippen LogP) is 1.89. The maximum absolute atomic E-state index is 12.1. The number of hydrogen-bond acceptors (Lipinski definition) is 2. The minimum absolute atomic E-state index is 0.0211. The Bertz CT molecular complexity index is 189. The van der Waals surface area contributed by atoms with E-state index in [-0.39, 0.29) is 6.54 Å². The smallest absolute Gasteiger partial charge is 0.427 e. The molecule has 0 rings (SSSR count). The van der Waals surface area contributed by atoms with Crippen molar-refractivity contribution in [3.8, 4) is 0 Å². The second kappa shape index (κ2) is 3.85. The largest absolute Gasteiger partial charge is 0.434 e. The molecule has 1 amide bonds. The first-order valence-electron chi connectivity index (χ1n) is 3.53. The van der Waals surface area contributed by atoms with Gasteiger partial charge in [-0.05, 0) is 20.8 Å². The van der Waals surface area contributed by atoms with Gasteiger partial charge in [-0.15, -0.1) is 0 Å². The third kappa shape index (κ3) is 3.52. The van der Waals surface area contributed by atoms with Crippen LogP contribution in [0.1, 0.15) is 13.8 Å². The average Bonchev–Trinajstić information content (AvgIpc) is 1.83. The first-order valence-corrected chi connectivity index (χ1v) is 3.53. The lowest BCUT2D eigenvalue weighted by molar-refractivity contribution is -0.243. The van der Waals surface area contributed by atoms with Crippen LogP contribution in [0, 0.1) is 6.92 Å². The average molecular weight is 198 g/mol. The number of amides is 1. The van der Waals surface area contributed by atoms with E-state index in [2.05, 4.69) is 11.7 Å². The molecule has 0 heterocycles. The fourth-order valence-electron chi connectivity index (χ4n) is 0.428.